The van der Waals surface area contributed by atoms with Gasteiger partial charge in [0.25, 0.3) is 11.8 Å². The molecule has 0 fully saturated rings. The Kier molecular flexibility index (Phi) is 7.59. The maximum Gasteiger partial charge on any atom is 0.262 e. The summed E-state index contributed by atoms with van der Waals surface area (Å²) in [6.07, 6.45) is 0. The number of thiazole rings is 1. The van der Waals surface area contributed by atoms with E-state index in [1.54, 1.807) is 62.8 Å². The van der Waals surface area contributed by atoms with Crippen molar-refractivity contribution < 1.29 is 23.8 Å². The van der Waals surface area contributed by atoms with Crippen LogP contribution >= 0.6 is 11.3 Å². The van der Waals surface area contributed by atoms with Gasteiger partial charge in [0.05, 0.1) is 19.9 Å². The summed E-state index contributed by atoms with van der Waals surface area (Å²) < 4.78 is 15.8. The number of anilines is 2. The van der Waals surface area contributed by atoms with Crippen LogP contribution in [0.15, 0.2) is 78.2 Å². The Labute approximate surface area is 206 Å². The second-order valence-corrected chi connectivity index (χ2v) is 8.17. The number of rotatable bonds is 9. The van der Waals surface area contributed by atoms with Crippen molar-refractivity contribution in [3.63, 3.8) is 0 Å². The second-order valence-electron chi connectivity index (χ2n) is 7.31. The quantitative estimate of drug-likeness (QED) is 0.340. The number of benzene rings is 3. The molecule has 0 aliphatic carbocycles. The normalized spacial score (nSPS) is 10.3. The number of carbonyl (C=O) groups is 2. The van der Waals surface area contributed by atoms with Gasteiger partial charge in [0, 0.05) is 28.3 Å². The molecule has 3 aromatic carbocycles. The van der Waals surface area contributed by atoms with Gasteiger partial charge < -0.3 is 19.5 Å². The monoisotopic (exact) mass is 489 g/mol. The molecule has 2 amide bonds. The van der Waals surface area contributed by atoms with Crippen molar-refractivity contribution in [2.75, 3.05) is 31.5 Å². The summed E-state index contributed by atoms with van der Waals surface area (Å²) >= 11 is 1.34. The van der Waals surface area contributed by atoms with Crippen molar-refractivity contribution >= 4 is 34.0 Å². The topological polar surface area (TPSA) is 98.8 Å². The number of hydrogen-bond acceptors (Lipinski definition) is 7. The number of aromatic nitrogens is 1. The minimum absolute atomic E-state index is 0.171. The summed E-state index contributed by atoms with van der Waals surface area (Å²) in [5.41, 5.74) is 2.75. The number of hydrogen-bond donors (Lipinski definition) is 2. The van der Waals surface area contributed by atoms with Crippen LogP contribution in [0.1, 0.15) is 10.4 Å². The summed E-state index contributed by atoms with van der Waals surface area (Å²) in [4.78, 5) is 29.2. The van der Waals surface area contributed by atoms with Gasteiger partial charge in [-0.1, -0.05) is 6.07 Å². The van der Waals surface area contributed by atoms with Gasteiger partial charge in [0.2, 0.25) is 0 Å². The van der Waals surface area contributed by atoms with Gasteiger partial charge in [-0.05, 0) is 60.7 Å². The molecule has 35 heavy (non-hydrogen) atoms. The van der Waals surface area contributed by atoms with E-state index < -0.39 is 0 Å². The largest absolute Gasteiger partial charge is 0.497 e. The van der Waals surface area contributed by atoms with E-state index in [-0.39, 0.29) is 18.4 Å². The summed E-state index contributed by atoms with van der Waals surface area (Å²) in [5, 5.41) is 7.92. The van der Waals surface area contributed by atoms with Crippen LogP contribution in [0.25, 0.3) is 11.3 Å². The Morgan fingerprint density at radius 2 is 1.57 bits per heavy atom. The fourth-order valence-corrected chi connectivity index (χ4v) is 3.86. The third kappa shape index (κ3) is 6.36. The Morgan fingerprint density at radius 3 is 2.29 bits per heavy atom. The van der Waals surface area contributed by atoms with E-state index in [2.05, 4.69) is 15.6 Å². The van der Waals surface area contributed by atoms with Crippen LogP contribution in [0.4, 0.5) is 10.8 Å². The van der Waals surface area contributed by atoms with Gasteiger partial charge in [0.1, 0.15) is 17.2 Å². The zero-order chi connectivity index (χ0) is 24.6. The molecule has 4 aromatic rings. The molecular formula is C26H23N3O5S. The number of amides is 2. The summed E-state index contributed by atoms with van der Waals surface area (Å²) in [6, 6.07) is 21.1. The van der Waals surface area contributed by atoms with E-state index in [1.165, 1.54) is 11.3 Å². The lowest BCUT2D eigenvalue weighted by molar-refractivity contribution is -0.118. The van der Waals surface area contributed by atoms with E-state index in [1.807, 2.05) is 29.6 Å². The molecule has 0 aliphatic heterocycles. The third-order valence-corrected chi connectivity index (χ3v) is 5.71. The molecule has 0 bridgehead atoms. The SMILES string of the molecule is COc1ccc(-c2csc(NC(=O)c3ccc(OCC(=O)Nc4cccc(OC)c4)cc3)n2)cc1. The first-order valence-corrected chi connectivity index (χ1v) is 11.5. The van der Waals surface area contributed by atoms with Crippen LogP contribution in [-0.2, 0) is 4.79 Å². The maximum absolute atomic E-state index is 12.6. The molecule has 0 atom stereocenters. The Balaban J connectivity index is 1.29. The highest BCUT2D eigenvalue weighted by molar-refractivity contribution is 7.14. The number of ether oxygens (including phenoxy) is 3. The third-order valence-electron chi connectivity index (χ3n) is 4.95. The molecule has 0 saturated heterocycles. The minimum atomic E-state index is -0.309. The molecule has 2 N–H and O–H groups in total. The summed E-state index contributed by atoms with van der Waals surface area (Å²) in [6.45, 7) is -0.171. The number of methoxy groups -OCH3 is 2. The van der Waals surface area contributed by atoms with Crippen LogP contribution in [0.2, 0.25) is 0 Å². The number of nitrogens with one attached hydrogen (secondary N) is 2. The fraction of sp³-hybridized carbons (Fsp3) is 0.115. The first kappa shape index (κ1) is 23.8. The van der Waals surface area contributed by atoms with Crippen LogP contribution in [-0.4, -0.2) is 37.6 Å². The lowest BCUT2D eigenvalue weighted by Gasteiger charge is -2.09. The molecule has 178 valence electrons. The molecule has 0 aliphatic rings. The van der Waals surface area contributed by atoms with Crippen molar-refractivity contribution in [3.05, 3.63) is 83.7 Å². The number of carbonyl (C=O) groups excluding carboxylic acids is 2. The lowest BCUT2D eigenvalue weighted by atomic mass is 10.2. The van der Waals surface area contributed by atoms with Crippen LogP contribution in [0.3, 0.4) is 0 Å². The molecule has 1 heterocycles. The maximum atomic E-state index is 12.6. The van der Waals surface area contributed by atoms with E-state index in [4.69, 9.17) is 14.2 Å². The van der Waals surface area contributed by atoms with Gasteiger partial charge >= 0.3 is 0 Å². The molecule has 9 heteroatoms. The van der Waals surface area contributed by atoms with Gasteiger partial charge in [-0.2, -0.15) is 0 Å². The van der Waals surface area contributed by atoms with Crippen LogP contribution < -0.4 is 24.8 Å². The average Bonchev–Trinajstić information content (AvgIpc) is 3.36. The molecule has 1 aromatic heterocycles. The van der Waals surface area contributed by atoms with Crippen molar-refractivity contribution in [2.45, 2.75) is 0 Å². The Hall–Kier alpha value is -4.37. The first-order valence-electron chi connectivity index (χ1n) is 10.6. The van der Waals surface area contributed by atoms with Gasteiger partial charge in [-0.3, -0.25) is 14.9 Å². The molecule has 4 rings (SSSR count). The zero-order valence-corrected chi connectivity index (χ0v) is 19.9. The van der Waals surface area contributed by atoms with E-state index >= 15 is 0 Å². The number of nitrogens with zero attached hydrogens (tertiary/aromatic N) is 1. The highest BCUT2D eigenvalue weighted by Crippen LogP contribution is 2.27. The average molecular weight is 490 g/mol. The summed E-state index contributed by atoms with van der Waals surface area (Å²) in [5.74, 6) is 1.28. The predicted octanol–water partition coefficient (Wildman–Crippen LogP) is 5.10. The summed E-state index contributed by atoms with van der Waals surface area (Å²) in [7, 11) is 3.18. The Bertz CT molecular complexity index is 1300. The van der Waals surface area contributed by atoms with E-state index in [0.717, 1.165) is 17.0 Å². The molecule has 0 saturated carbocycles. The smallest absolute Gasteiger partial charge is 0.262 e. The molecule has 0 unspecified atom stereocenters. The highest BCUT2D eigenvalue weighted by Gasteiger charge is 2.11. The van der Waals surface area contributed by atoms with Crippen LogP contribution in [0, 0.1) is 0 Å². The molecule has 8 nitrogen and oxygen atoms in total. The van der Waals surface area contributed by atoms with Gasteiger partial charge in [0.15, 0.2) is 11.7 Å². The molecule has 0 spiro atoms. The van der Waals surface area contributed by atoms with Gasteiger partial charge in [-0.25, -0.2) is 4.98 Å². The first-order chi connectivity index (χ1) is 17.0. The van der Waals surface area contributed by atoms with E-state index in [9.17, 15) is 9.59 Å². The lowest BCUT2D eigenvalue weighted by Crippen LogP contribution is -2.20. The van der Waals surface area contributed by atoms with Crippen molar-refractivity contribution in [2.24, 2.45) is 0 Å². The second kappa shape index (κ2) is 11.2. The molecular weight excluding hydrogens is 466 g/mol. The van der Waals surface area contributed by atoms with E-state index in [0.29, 0.717) is 27.9 Å². The standard InChI is InChI=1S/C26H23N3O5S/c1-32-20-10-6-17(7-11-20)23-16-35-26(28-23)29-25(31)18-8-12-21(13-9-18)34-15-24(30)27-19-4-3-5-22(14-19)33-2/h3-14,16H,15H2,1-2H3,(H,27,30)(H,28,29,31). The fourth-order valence-electron chi connectivity index (χ4n) is 3.14. The van der Waals surface area contributed by atoms with Crippen molar-refractivity contribution in [1.29, 1.82) is 0 Å². The minimum Gasteiger partial charge on any atom is -0.497 e. The van der Waals surface area contributed by atoms with Crippen LogP contribution in [0.5, 0.6) is 17.2 Å². The van der Waals surface area contributed by atoms with Crippen molar-refractivity contribution in [3.8, 4) is 28.5 Å². The zero-order valence-electron chi connectivity index (χ0n) is 19.1. The predicted molar refractivity (Wildman–Crippen MR) is 136 cm³/mol. The van der Waals surface area contributed by atoms with Crippen molar-refractivity contribution in [1.82, 2.24) is 4.98 Å². The Morgan fingerprint density at radius 1 is 0.857 bits per heavy atom. The van der Waals surface area contributed by atoms with Gasteiger partial charge in [-0.15, -0.1) is 11.3 Å². The molecule has 0 radical (unpaired) electrons. The highest BCUT2D eigenvalue weighted by atomic mass is 32.1.